The largest absolute Gasteiger partial charge is 0.363 e. The van der Waals surface area contributed by atoms with Gasteiger partial charge >= 0.3 is 0 Å². The number of nitriles is 1. The van der Waals surface area contributed by atoms with Crippen molar-refractivity contribution in [3.8, 4) is 6.07 Å². The molecule has 1 aromatic carbocycles. The molecular formula is C14H9Cl3N4OS. The van der Waals surface area contributed by atoms with Crippen LogP contribution in [0.1, 0.15) is 12.0 Å². The molecule has 1 atom stereocenters. The molecule has 2 heterocycles. The van der Waals surface area contributed by atoms with Crippen LogP contribution in [0.3, 0.4) is 0 Å². The van der Waals surface area contributed by atoms with E-state index in [1.165, 1.54) is 0 Å². The summed E-state index contributed by atoms with van der Waals surface area (Å²) in [5.74, 6) is -0.100. The fourth-order valence-electron chi connectivity index (χ4n) is 2.35. The summed E-state index contributed by atoms with van der Waals surface area (Å²) >= 11 is 18.8. The van der Waals surface area contributed by atoms with Crippen molar-refractivity contribution < 1.29 is 4.79 Å². The van der Waals surface area contributed by atoms with Crippen molar-refractivity contribution in [1.82, 2.24) is 4.37 Å². The lowest BCUT2D eigenvalue weighted by atomic mass is 10.2. The molecule has 0 bridgehead atoms. The number of hydrogen-bond acceptors (Lipinski definition) is 5. The van der Waals surface area contributed by atoms with E-state index in [-0.39, 0.29) is 16.6 Å². The van der Waals surface area contributed by atoms with Gasteiger partial charge in [0.25, 0.3) is 0 Å². The van der Waals surface area contributed by atoms with Crippen LogP contribution in [0.5, 0.6) is 0 Å². The molecular weight excluding hydrogens is 379 g/mol. The molecule has 0 saturated carbocycles. The third-order valence-corrected chi connectivity index (χ3v) is 5.38. The molecule has 1 unspecified atom stereocenters. The molecule has 0 radical (unpaired) electrons. The zero-order valence-corrected chi connectivity index (χ0v) is 14.6. The lowest BCUT2D eigenvalue weighted by Gasteiger charge is -2.18. The van der Waals surface area contributed by atoms with Gasteiger partial charge < -0.3 is 10.2 Å². The van der Waals surface area contributed by atoms with Crippen LogP contribution in [0.2, 0.25) is 15.2 Å². The number of nitrogens with one attached hydrogen (secondary N) is 1. The molecule has 1 N–H and O–H groups in total. The highest BCUT2D eigenvalue weighted by Gasteiger charge is 2.33. The van der Waals surface area contributed by atoms with Gasteiger partial charge in [-0.2, -0.15) is 9.64 Å². The summed E-state index contributed by atoms with van der Waals surface area (Å²) in [7, 11) is 0. The maximum absolute atomic E-state index is 12.6. The summed E-state index contributed by atoms with van der Waals surface area (Å²) in [6.07, 6.45) is 0.597. The van der Waals surface area contributed by atoms with E-state index in [4.69, 9.17) is 40.1 Å². The summed E-state index contributed by atoms with van der Waals surface area (Å²) < 4.78 is 3.92. The number of hydrogen-bond donors (Lipinski definition) is 1. The maximum atomic E-state index is 12.6. The number of carbonyl (C=O) groups excluding carboxylic acids is 1. The molecule has 1 amide bonds. The Bertz CT molecular complexity index is 817. The molecule has 23 heavy (non-hydrogen) atoms. The molecule has 1 aliphatic rings. The van der Waals surface area contributed by atoms with Crippen molar-refractivity contribution in [3.05, 3.63) is 39.0 Å². The Hall–Kier alpha value is -1.52. The third-order valence-electron chi connectivity index (χ3n) is 3.49. The lowest BCUT2D eigenvalue weighted by Crippen LogP contribution is -2.33. The highest BCUT2D eigenvalue weighted by atomic mass is 35.5. The first kappa shape index (κ1) is 16.3. The van der Waals surface area contributed by atoms with E-state index >= 15 is 0 Å². The zero-order chi connectivity index (χ0) is 16.6. The summed E-state index contributed by atoms with van der Waals surface area (Å²) in [4.78, 5) is 14.2. The van der Waals surface area contributed by atoms with Crippen LogP contribution in [-0.2, 0) is 4.79 Å². The normalized spacial score (nSPS) is 17.4. The fourth-order valence-corrected chi connectivity index (χ4v) is 3.63. The van der Waals surface area contributed by atoms with Crippen molar-refractivity contribution in [1.29, 1.82) is 5.26 Å². The fraction of sp³-hybridized carbons (Fsp3) is 0.214. The standard InChI is InChI=1S/C14H9Cl3N4OS/c15-9-2-1-7(5-10(9)16)21-4-3-11(14(21)22)19-13-8(6-18)12(17)20-23-13/h1-2,5,11,19H,3-4H2. The summed E-state index contributed by atoms with van der Waals surface area (Å²) in [5, 5.41) is 13.6. The maximum Gasteiger partial charge on any atom is 0.249 e. The third kappa shape index (κ3) is 3.10. The average molecular weight is 388 g/mol. The predicted octanol–water partition coefficient (Wildman–Crippen LogP) is 4.19. The van der Waals surface area contributed by atoms with Crippen molar-refractivity contribution in [3.63, 3.8) is 0 Å². The monoisotopic (exact) mass is 386 g/mol. The Morgan fingerprint density at radius 2 is 2.13 bits per heavy atom. The van der Waals surface area contributed by atoms with Gasteiger partial charge in [0, 0.05) is 12.2 Å². The van der Waals surface area contributed by atoms with Crippen molar-refractivity contribution in [2.75, 3.05) is 16.8 Å². The molecule has 1 saturated heterocycles. The van der Waals surface area contributed by atoms with E-state index in [2.05, 4.69) is 9.69 Å². The quantitative estimate of drug-likeness (QED) is 0.857. The minimum Gasteiger partial charge on any atom is -0.363 e. The van der Waals surface area contributed by atoms with E-state index in [1.807, 2.05) is 6.07 Å². The van der Waals surface area contributed by atoms with Gasteiger partial charge in [-0.3, -0.25) is 4.79 Å². The molecule has 118 valence electrons. The second-order valence-corrected chi connectivity index (χ2v) is 6.81. The first-order valence-corrected chi connectivity index (χ1v) is 8.50. The number of amides is 1. The summed E-state index contributed by atoms with van der Waals surface area (Å²) in [5.41, 5.74) is 0.953. The number of benzene rings is 1. The van der Waals surface area contributed by atoms with Gasteiger partial charge in [0.1, 0.15) is 22.7 Å². The van der Waals surface area contributed by atoms with Gasteiger partial charge in [-0.25, -0.2) is 0 Å². The van der Waals surface area contributed by atoms with E-state index in [0.717, 1.165) is 11.5 Å². The van der Waals surface area contributed by atoms with Gasteiger partial charge in [-0.1, -0.05) is 34.8 Å². The Balaban J connectivity index is 1.79. The van der Waals surface area contributed by atoms with Gasteiger partial charge in [-0.05, 0) is 36.2 Å². The number of rotatable bonds is 3. The Kier molecular flexibility index (Phi) is 4.64. The Morgan fingerprint density at radius 1 is 1.35 bits per heavy atom. The van der Waals surface area contributed by atoms with E-state index in [0.29, 0.717) is 33.7 Å². The number of anilines is 2. The Labute approximate surface area is 151 Å². The van der Waals surface area contributed by atoms with E-state index in [1.54, 1.807) is 23.1 Å². The SMILES string of the molecule is N#Cc1c(Cl)nsc1NC1CCN(c2ccc(Cl)c(Cl)c2)C1=O. The van der Waals surface area contributed by atoms with E-state index < -0.39 is 6.04 Å². The van der Waals surface area contributed by atoms with Crippen LogP contribution in [0, 0.1) is 11.3 Å². The number of nitrogens with zero attached hydrogens (tertiary/aromatic N) is 3. The zero-order valence-electron chi connectivity index (χ0n) is 11.5. The van der Waals surface area contributed by atoms with Crippen LogP contribution in [0.15, 0.2) is 18.2 Å². The van der Waals surface area contributed by atoms with Gasteiger partial charge in [0.2, 0.25) is 5.91 Å². The van der Waals surface area contributed by atoms with Crippen LogP contribution in [0.4, 0.5) is 10.7 Å². The topological polar surface area (TPSA) is 69.0 Å². The molecule has 0 aliphatic carbocycles. The van der Waals surface area contributed by atoms with Crippen LogP contribution >= 0.6 is 46.3 Å². The minimum atomic E-state index is -0.437. The smallest absolute Gasteiger partial charge is 0.249 e. The van der Waals surface area contributed by atoms with Gasteiger partial charge in [0.15, 0.2) is 5.15 Å². The van der Waals surface area contributed by atoms with Crippen LogP contribution in [0.25, 0.3) is 0 Å². The summed E-state index contributed by atoms with van der Waals surface area (Å²) in [6.45, 7) is 0.545. The minimum absolute atomic E-state index is 0.100. The predicted molar refractivity (Wildman–Crippen MR) is 92.7 cm³/mol. The Morgan fingerprint density at radius 3 is 2.83 bits per heavy atom. The number of halogens is 3. The average Bonchev–Trinajstić information content (AvgIpc) is 3.06. The lowest BCUT2D eigenvalue weighted by molar-refractivity contribution is -0.117. The molecule has 2 aromatic rings. The molecule has 5 nitrogen and oxygen atoms in total. The second-order valence-electron chi connectivity index (χ2n) is 4.86. The van der Waals surface area contributed by atoms with Crippen molar-refractivity contribution in [2.45, 2.75) is 12.5 Å². The molecule has 3 rings (SSSR count). The first-order chi connectivity index (χ1) is 11.0. The summed E-state index contributed by atoms with van der Waals surface area (Å²) in [6, 6.07) is 6.62. The van der Waals surface area contributed by atoms with Crippen LogP contribution in [-0.4, -0.2) is 22.9 Å². The molecule has 1 aromatic heterocycles. The molecule has 1 aliphatic heterocycles. The number of carbonyl (C=O) groups is 1. The van der Waals surface area contributed by atoms with Crippen molar-refractivity contribution >= 4 is 62.9 Å². The highest BCUT2D eigenvalue weighted by Crippen LogP contribution is 2.32. The van der Waals surface area contributed by atoms with Gasteiger partial charge in [-0.15, -0.1) is 0 Å². The highest BCUT2D eigenvalue weighted by molar-refractivity contribution is 7.10. The molecule has 1 fully saturated rings. The second kappa shape index (κ2) is 6.54. The number of aromatic nitrogens is 1. The molecule has 0 spiro atoms. The first-order valence-electron chi connectivity index (χ1n) is 6.59. The van der Waals surface area contributed by atoms with Gasteiger partial charge in [0.05, 0.1) is 10.0 Å². The van der Waals surface area contributed by atoms with Crippen molar-refractivity contribution in [2.24, 2.45) is 0 Å². The molecule has 9 heteroatoms. The van der Waals surface area contributed by atoms with Crippen LogP contribution < -0.4 is 10.2 Å². The van der Waals surface area contributed by atoms with E-state index in [9.17, 15) is 4.79 Å².